The van der Waals surface area contributed by atoms with Gasteiger partial charge in [-0.1, -0.05) is 19.1 Å². The number of carbonyl (C=O) groups excluding carboxylic acids is 2. The average Bonchev–Trinajstić information content (AvgIpc) is 2.91. The van der Waals surface area contributed by atoms with Gasteiger partial charge in [-0.2, -0.15) is 0 Å². The maximum atomic E-state index is 12.8. The van der Waals surface area contributed by atoms with Crippen LogP contribution in [0.15, 0.2) is 36.5 Å². The number of amides is 2. The van der Waals surface area contributed by atoms with Crippen molar-refractivity contribution in [1.29, 1.82) is 0 Å². The standard InChI is InChI=1S/C25H29F3N4O4/c1-5-11-35-21-17(7-6-8-19(21)36-25(26,27)28)15-32(4)20(33)10-9-16-12-18-14-30-24(2,3)23(34)31-22(18)29-13-16/h6-10,12-13,30H,5,11,14-15H2,1-4H3,(H,29,31,34)/b10-9+. The molecule has 0 saturated heterocycles. The number of halogens is 3. The number of para-hydroxylation sites is 1. The molecule has 2 heterocycles. The lowest BCUT2D eigenvalue weighted by Gasteiger charge is -2.21. The van der Waals surface area contributed by atoms with E-state index in [0.29, 0.717) is 29.9 Å². The molecule has 1 aliphatic heterocycles. The van der Waals surface area contributed by atoms with Crippen molar-refractivity contribution in [3.05, 3.63) is 53.2 Å². The molecular formula is C25H29F3N4O4. The largest absolute Gasteiger partial charge is 0.573 e. The zero-order valence-electron chi connectivity index (χ0n) is 20.5. The van der Waals surface area contributed by atoms with Crippen LogP contribution in [0, 0.1) is 0 Å². The van der Waals surface area contributed by atoms with Gasteiger partial charge in [-0.15, -0.1) is 13.2 Å². The van der Waals surface area contributed by atoms with Crippen LogP contribution in [0.4, 0.5) is 19.0 Å². The molecule has 0 radical (unpaired) electrons. The number of aromatic nitrogens is 1. The molecule has 0 atom stereocenters. The topological polar surface area (TPSA) is 92.8 Å². The van der Waals surface area contributed by atoms with Crippen molar-refractivity contribution in [3.63, 3.8) is 0 Å². The molecule has 0 saturated carbocycles. The lowest BCUT2D eigenvalue weighted by molar-refractivity contribution is -0.275. The van der Waals surface area contributed by atoms with E-state index in [0.717, 1.165) is 5.56 Å². The number of pyridine rings is 1. The third-order valence-corrected chi connectivity index (χ3v) is 5.45. The normalized spacial score (nSPS) is 15.1. The van der Waals surface area contributed by atoms with Crippen LogP contribution in [-0.2, 0) is 22.7 Å². The van der Waals surface area contributed by atoms with Crippen molar-refractivity contribution in [2.24, 2.45) is 0 Å². The average molecular weight is 507 g/mol. The van der Waals surface area contributed by atoms with E-state index >= 15 is 0 Å². The molecule has 1 aromatic carbocycles. The second-order valence-corrected chi connectivity index (χ2v) is 8.88. The molecule has 2 amide bonds. The SMILES string of the molecule is CCCOc1c(CN(C)C(=O)/C=C/c2cnc3c(c2)CNC(C)(C)C(=O)N3)cccc1OC(F)(F)F. The van der Waals surface area contributed by atoms with Crippen LogP contribution in [-0.4, -0.2) is 47.3 Å². The first-order valence-electron chi connectivity index (χ1n) is 11.4. The molecule has 8 nitrogen and oxygen atoms in total. The van der Waals surface area contributed by atoms with Crippen molar-refractivity contribution in [2.75, 3.05) is 19.0 Å². The minimum atomic E-state index is -4.87. The Morgan fingerprint density at radius 2 is 2.06 bits per heavy atom. The van der Waals surface area contributed by atoms with E-state index in [1.54, 1.807) is 26.0 Å². The Hall–Kier alpha value is -3.60. The van der Waals surface area contributed by atoms with Gasteiger partial charge < -0.3 is 19.7 Å². The molecule has 3 rings (SSSR count). The summed E-state index contributed by atoms with van der Waals surface area (Å²) in [6.45, 7) is 5.99. The van der Waals surface area contributed by atoms with Crippen molar-refractivity contribution in [3.8, 4) is 11.5 Å². The van der Waals surface area contributed by atoms with Crippen molar-refractivity contribution >= 4 is 23.7 Å². The molecule has 0 unspecified atom stereocenters. The number of carbonyl (C=O) groups is 2. The maximum Gasteiger partial charge on any atom is 0.573 e. The van der Waals surface area contributed by atoms with Crippen molar-refractivity contribution in [2.45, 2.75) is 52.2 Å². The van der Waals surface area contributed by atoms with Gasteiger partial charge in [0.05, 0.1) is 12.1 Å². The summed E-state index contributed by atoms with van der Waals surface area (Å²) < 4.78 is 48.1. The number of likely N-dealkylation sites (N-methyl/N-ethyl adjacent to an activating group) is 1. The summed E-state index contributed by atoms with van der Waals surface area (Å²) in [6.07, 6.45) is 0.183. The molecule has 194 valence electrons. The number of alkyl halides is 3. The monoisotopic (exact) mass is 506 g/mol. The van der Waals surface area contributed by atoms with Crippen LogP contribution >= 0.6 is 0 Å². The summed E-state index contributed by atoms with van der Waals surface area (Å²) in [7, 11) is 1.53. The van der Waals surface area contributed by atoms with E-state index in [-0.39, 0.29) is 30.7 Å². The quantitative estimate of drug-likeness (QED) is 0.520. The predicted octanol–water partition coefficient (Wildman–Crippen LogP) is 4.26. The van der Waals surface area contributed by atoms with Crippen LogP contribution in [0.25, 0.3) is 6.08 Å². The van der Waals surface area contributed by atoms with Gasteiger partial charge in [-0.3, -0.25) is 14.9 Å². The molecular weight excluding hydrogens is 477 g/mol. The van der Waals surface area contributed by atoms with Crippen LogP contribution < -0.4 is 20.1 Å². The van der Waals surface area contributed by atoms with Crippen LogP contribution in [0.1, 0.15) is 43.9 Å². The summed E-state index contributed by atoms with van der Waals surface area (Å²) in [4.78, 5) is 30.6. The van der Waals surface area contributed by atoms with Crippen molar-refractivity contribution < 1.29 is 32.2 Å². The van der Waals surface area contributed by atoms with E-state index in [2.05, 4.69) is 20.4 Å². The lowest BCUT2D eigenvalue weighted by Crippen LogP contribution is -2.47. The Bertz CT molecular complexity index is 1150. The highest BCUT2D eigenvalue weighted by Crippen LogP contribution is 2.36. The Balaban J connectivity index is 1.73. The van der Waals surface area contributed by atoms with E-state index in [1.807, 2.05) is 13.0 Å². The Kier molecular flexibility index (Phi) is 8.24. The molecule has 1 aliphatic rings. The number of nitrogens with one attached hydrogen (secondary N) is 2. The first kappa shape index (κ1) is 27.0. The van der Waals surface area contributed by atoms with Crippen molar-refractivity contribution in [1.82, 2.24) is 15.2 Å². The molecule has 0 aliphatic carbocycles. The van der Waals surface area contributed by atoms with Gasteiger partial charge in [-0.25, -0.2) is 4.98 Å². The number of ether oxygens (including phenoxy) is 2. The van der Waals surface area contributed by atoms with E-state index < -0.39 is 17.7 Å². The highest BCUT2D eigenvalue weighted by atomic mass is 19.4. The zero-order valence-corrected chi connectivity index (χ0v) is 20.5. The number of rotatable bonds is 8. The predicted molar refractivity (Wildman–Crippen MR) is 128 cm³/mol. The first-order valence-corrected chi connectivity index (χ1v) is 11.4. The summed E-state index contributed by atoms with van der Waals surface area (Å²) in [5.74, 6) is -0.612. The summed E-state index contributed by atoms with van der Waals surface area (Å²) >= 11 is 0. The Morgan fingerprint density at radius 3 is 2.75 bits per heavy atom. The number of nitrogens with zero attached hydrogens (tertiary/aromatic N) is 2. The third-order valence-electron chi connectivity index (χ3n) is 5.45. The van der Waals surface area contributed by atoms with E-state index in [1.165, 1.54) is 36.4 Å². The summed E-state index contributed by atoms with van der Waals surface area (Å²) in [5, 5.41) is 5.94. The summed E-state index contributed by atoms with van der Waals surface area (Å²) in [6, 6.07) is 5.99. The number of fused-ring (bicyclic) bond motifs is 1. The molecule has 11 heteroatoms. The van der Waals surface area contributed by atoms with Crippen LogP contribution in [0.3, 0.4) is 0 Å². The Morgan fingerprint density at radius 1 is 1.31 bits per heavy atom. The summed E-state index contributed by atoms with van der Waals surface area (Å²) in [5.41, 5.74) is 1.05. The zero-order chi connectivity index (χ0) is 26.5. The maximum absolute atomic E-state index is 12.8. The smallest absolute Gasteiger partial charge is 0.489 e. The molecule has 0 spiro atoms. The highest BCUT2D eigenvalue weighted by molar-refractivity contribution is 5.98. The molecule has 2 aromatic rings. The van der Waals surface area contributed by atoms with Gasteiger partial charge in [0.15, 0.2) is 11.5 Å². The van der Waals surface area contributed by atoms with Gasteiger partial charge in [-0.05, 0) is 44.0 Å². The minimum Gasteiger partial charge on any atom is -0.489 e. The Labute approximate surface area is 207 Å². The number of hydrogen-bond donors (Lipinski definition) is 2. The van der Waals surface area contributed by atoms with Gasteiger partial charge in [0.2, 0.25) is 11.8 Å². The molecule has 36 heavy (non-hydrogen) atoms. The van der Waals surface area contributed by atoms with E-state index in [4.69, 9.17) is 4.74 Å². The van der Waals surface area contributed by atoms with E-state index in [9.17, 15) is 22.8 Å². The fourth-order valence-electron chi connectivity index (χ4n) is 3.41. The van der Waals surface area contributed by atoms with Gasteiger partial charge >= 0.3 is 6.36 Å². The molecule has 1 aromatic heterocycles. The fraction of sp³-hybridized carbons (Fsp3) is 0.400. The number of anilines is 1. The molecule has 2 N–H and O–H groups in total. The molecule has 0 bridgehead atoms. The second-order valence-electron chi connectivity index (χ2n) is 8.88. The number of hydrogen-bond acceptors (Lipinski definition) is 6. The minimum absolute atomic E-state index is 0.00471. The van der Waals surface area contributed by atoms with Gasteiger partial charge in [0, 0.05) is 43.5 Å². The lowest BCUT2D eigenvalue weighted by atomic mass is 10.1. The van der Waals surface area contributed by atoms with Gasteiger partial charge in [0.1, 0.15) is 5.82 Å². The van der Waals surface area contributed by atoms with Crippen LogP contribution in [0.2, 0.25) is 0 Å². The second kappa shape index (κ2) is 11.0. The molecule has 0 fully saturated rings. The number of benzene rings is 1. The first-order chi connectivity index (χ1) is 16.9. The fourth-order valence-corrected chi connectivity index (χ4v) is 3.41. The highest BCUT2D eigenvalue weighted by Gasteiger charge is 2.33. The van der Waals surface area contributed by atoms with Crippen LogP contribution in [0.5, 0.6) is 11.5 Å². The third kappa shape index (κ3) is 6.97. The van der Waals surface area contributed by atoms with Gasteiger partial charge in [0.25, 0.3) is 0 Å².